The second-order valence-electron chi connectivity index (χ2n) is 6.08. The molecule has 1 aliphatic rings. The van der Waals surface area contributed by atoms with Crippen LogP contribution in [0.25, 0.3) is 0 Å². The van der Waals surface area contributed by atoms with Gasteiger partial charge in [0, 0.05) is 13.6 Å². The van der Waals surface area contributed by atoms with Crippen molar-refractivity contribution in [1.29, 1.82) is 0 Å². The maximum Gasteiger partial charge on any atom is 0.211 e. The molecule has 8 heteroatoms. The molecule has 1 fully saturated rings. The molecule has 1 atom stereocenters. The van der Waals surface area contributed by atoms with E-state index in [1.807, 2.05) is 11.0 Å². The molecule has 0 aliphatic carbocycles. The van der Waals surface area contributed by atoms with E-state index in [0.717, 1.165) is 25.0 Å². The van der Waals surface area contributed by atoms with Crippen molar-refractivity contribution in [2.75, 3.05) is 33.0 Å². The molecule has 0 bridgehead atoms. The van der Waals surface area contributed by atoms with Crippen LogP contribution in [0.5, 0.6) is 0 Å². The van der Waals surface area contributed by atoms with Crippen LogP contribution in [0.4, 0.5) is 0 Å². The third kappa shape index (κ3) is 4.53. The van der Waals surface area contributed by atoms with Gasteiger partial charge in [-0.2, -0.15) is 4.31 Å². The van der Waals surface area contributed by atoms with Crippen molar-refractivity contribution < 1.29 is 23.0 Å². The SMILES string of the molecule is CN(Cc1ccc(CN2CCC[C@@](O)(CO)C2)o1)S(C)(=O)=O. The molecule has 0 spiro atoms. The third-order valence-corrected chi connectivity index (χ3v) is 5.23. The highest BCUT2D eigenvalue weighted by molar-refractivity contribution is 7.88. The first kappa shape index (κ1) is 17.4. The van der Waals surface area contributed by atoms with E-state index >= 15 is 0 Å². The number of aliphatic hydroxyl groups is 2. The van der Waals surface area contributed by atoms with Crippen molar-refractivity contribution in [3.8, 4) is 0 Å². The summed E-state index contributed by atoms with van der Waals surface area (Å²) in [6, 6.07) is 3.58. The lowest BCUT2D eigenvalue weighted by Gasteiger charge is -2.37. The van der Waals surface area contributed by atoms with Crippen molar-refractivity contribution in [2.45, 2.75) is 31.5 Å². The summed E-state index contributed by atoms with van der Waals surface area (Å²) in [4.78, 5) is 2.03. The number of piperidine rings is 1. The minimum atomic E-state index is -3.24. The van der Waals surface area contributed by atoms with Gasteiger partial charge in [0.2, 0.25) is 10.0 Å². The minimum Gasteiger partial charge on any atom is -0.463 e. The standard InChI is InChI=1S/C14H24N2O5S/c1-15(22(2,19)20)8-12-4-5-13(21-12)9-16-7-3-6-14(18,10-16)11-17/h4-5,17-18H,3,6-11H2,1-2H3/t14-/m0/s1. The first-order valence-corrected chi connectivity index (χ1v) is 9.11. The number of aliphatic hydroxyl groups excluding tert-OH is 1. The zero-order valence-corrected chi connectivity index (χ0v) is 13.8. The summed E-state index contributed by atoms with van der Waals surface area (Å²) in [6.07, 6.45) is 2.57. The molecular formula is C14H24N2O5S. The van der Waals surface area contributed by atoms with E-state index in [1.165, 1.54) is 11.4 Å². The average Bonchev–Trinajstić information content (AvgIpc) is 2.85. The molecule has 7 nitrogen and oxygen atoms in total. The van der Waals surface area contributed by atoms with E-state index in [9.17, 15) is 18.6 Å². The predicted molar refractivity (Wildman–Crippen MR) is 81.6 cm³/mol. The highest BCUT2D eigenvalue weighted by Gasteiger charge is 2.32. The smallest absolute Gasteiger partial charge is 0.211 e. The van der Waals surface area contributed by atoms with Crippen molar-refractivity contribution in [3.05, 3.63) is 23.7 Å². The van der Waals surface area contributed by atoms with Crippen molar-refractivity contribution in [1.82, 2.24) is 9.21 Å². The summed E-state index contributed by atoms with van der Waals surface area (Å²) < 4.78 is 29.7. The van der Waals surface area contributed by atoms with Crippen LogP contribution >= 0.6 is 0 Å². The zero-order chi connectivity index (χ0) is 16.4. The molecule has 1 aromatic rings. The van der Waals surface area contributed by atoms with E-state index in [-0.39, 0.29) is 13.2 Å². The number of hydrogen-bond donors (Lipinski definition) is 2. The van der Waals surface area contributed by atoms with Gasteiger partial charge < -0.3 is 14.6 Å². The van der Waals surface area contributed by atoms with Crippen LogP contribution in [0.1, 0.15) is 24.4 Å². The number of furan rings is 1. The number of nitrogens with zero attached hydrogens (tertiary/aromatic N) is 2. The Morgan fingerprint density at radius 2 is 2.09 bits per heavy atom. The lowest BCUT2D eigenvalue weighted by atomic mass is 9.94. The molecule has 2 heterocycles. The Labute approximate surface area is 131 Å². The van der Waals surface area contributed by atoms with Gasteiger partial charge in [0.25, 0.3) is 0 Å². The summed E-state index contributed by atoms with van der Waals surface area (Å²) in [7, 11) is -1.73. The van der Waals surface area contributed by atoms with Gasteiger partial charge in [-0.3, -0.25) is 4.90 Å². The number of rotatable bonds is 6. The van der Waals surface area contributed by atoms with Crippen LogP contribution < -0.4 is 0 Å². The Bertz CT molecular complexity index is 600. The molecular weight excluding hydrogens is 308 g/mol. The molecule has 0 radical (unpaired) electrons. The van der Waals surface area contributed by atoms with Gasteiger partial charge in [-0.15, -0.1) is 0 Å². The monoisotopic (exact) mass is 332 g/mol. The Balaban J connectivity index is 1.95. The average molecular weight is 332 g/mol. The van der Waals surface area contributed by atoms with Crippen LogP contribution in [0.2, 0.25) is 0 Å². The van der Waals surface area contributed by atoms with Crippen LogP contribution in [0.15, 0.2) is 16.5 Å². The maximum atomic E-state index is 11.4. The van der Waals surface area contributed by atoms with Crippen LogP contribution in [0, 0.1) is 0 Å². The van der Waals surface area contributed by atoms with Crippen molar-refractivity contribution in [3.63, 3.8) is 0 Å². The summed E-state index contributed by atoms with van der Waals surface area (Å²) >= 11 is 0. The van der Waals surface area contributed by atoms with Gasteiger partial charge in [-0.1, -0.05) is 0 Å². The number of β-amino-alcohol motifs (C(OH)–C–C–N with tert-alkyl or cyclic N) is 1. The molecule has 2 N–H and O–H groups in total. The minimum absolute atomic E-state index is 0.194. The molecule has 0 saturated carbocycles. The van der Waals surface area contributed by atoms with E-state index in [2.05, 4.69) is 0 Å². The fourth-order valence-electron chi connectivity index (χ4n) is 2.62. The van der Waals surface area contributed by atoms with E-state index in [0.29, 0.717) is 25.3 Å². The maximum absolute atomic E-state index is 11.4. The molecule has 0 aromatic carbocycles. The third-order valence-electron chi connectivity index (χ3n) is 3.97. The second-order valence-corrected chi connectivity index (χ2v) is 8.17. The van der Waals surface area contributed by atoms with Crippen molar-refractivity contribution in [2.24, 2.45) is 0 Å². The van der Waals surface area contributed by atoms with Gasteiger partial charge in [-0.05, 0) is 31.5 Å². The normalized spacial score (nSPS) is 24.0. The highest BCUT2D eigenvalue weighted by Crippen LogP contribution is 2.23. The quantitative estimate of drug-likeness (QED) is 0.761. The highest BCUT2D eigenvalue weighted by atomic mass is 32.2. The second kappa shape index (κ2) is 6.67. The Hall–Kier alpha value is -0.930. The Morgan fingerprint density at radius 3 is 2.73 bits per heavy atom. The van der Waals surface area contributed by atoms with Crippen molar-refractivity contribution >= 4 is 10.0 Å². The Kier molecular flexibility index (Phi) is 5.29. The van der Waals surface area contributed by atoms with Gasteiger partial charge in [-0.25, -0.2) is 8.42 Å². The van der Waals surface area contributed by atoms with Gasteiger partial charge in [0.05, 0.1) is 26.0 Å². The van der Waals surface area contributed by atoms with Crippen LogP contribution in [-0.2, 0) is 23.1 Å². The van der Waals surface area contributed by atoms with Crippen LogP contribution in [0.3, 0.4) is 0 Å². The van der Waals surface area contributed by atoms with E-state index < -0.39 is 15.6 Å². The first-order valence-electron chi connectivity index (χ1n) is 7.26. The molecule has 1 saturated heterocycles. The largest absolute Gasteiger partial charge is 0.463 e. The lowest BCUT2D eigenvalue weighted by Crippen LogP contribution is -2.49. The number of hydrogen-bond acceptors (Lipinski definition) is 6. The first-order chi connectivity index (χ1) is 10.2. The van der Waals surface area contributed by atoms with Gasteiger partial charge in [0.15, 0.2) is 0 Å². The van der Waals surface area contributed by atoms with E-state index in [4.69, 9.17) is 4.42 Å². The number of sulfonamides is 1. The molecule has 2 rings (SSSR count). The summed E-state index contributed by atoms with van der Waals surface area (Å²) in [5, 5.41) is 19.4. The Morgan fingerprint density at radius 1 is 1.41 bits per heavy atom. The molecule has 0 unspecified atom stereocenters. The summed E-state index contributed by atoms with van der Waals surface area (Å²) in [6.45, 7) is 1.72. The topological polar surface area (TPSA) is 94.2 Å². The summed E-state index contributed by atoms with van der Waals surface area (Å²) in [5.41, 5.74) is -1.04. The molecule has 1 aliphatic heterocycles. The van der Waals surface area contributed by atoms with Gasteiger partial charge >= 0.3 is 0 Å². The van der Waals surface area contributed by atoms with E-state index in [1.54, 1.807) is 6.07 Å². The number of likely N-dealkylation sites (tertiary alicyclic amines) is 1. The zero-order valence-electron chi connectivity index (χ0n) is 13.0. The summed E-state index contributed by atoms with van der Waals surface area (Å²) in [5.74, 6) is 1.30. The molecule has 22 heavy (non-hydrogen) atoms. The molecule has 1 aromatic heterocycles. The fraction of sp³-hybridized carbons (Fsp3) is 0.714. The van der Waals surface area contributed by atoms with Gasteiger partial charge in [0.1, 0.15) is 17.1 Å². The molecule has 126 valence electrons. The van der Waals surface area contributed by atoms with Crippen LogP contribution in [-0.4, -0.2) is 66.4 Å². The predicted octanol–water partition coefficient (Wildman–Crippen LogP) is -0.00980. The lowest BCUT2D eigenvalue weighted by molar-refractivity contribution is -0.0697. The molecule has 0 amide bonds. The fourth-order valence-corrected chi connectivity index (χ4v) is 2.98.